The molecule has 0 aliphatic rings. The van der Waals surface area contributed by atoms with Gasteiger partial charge < -0.3 is 13.6 Å². The third kappa shape index (κ3) is 4.19. The topological polar surface area (TPSA) is 23.0 Å². The first-order valence-corrected chi connectivity index (χ1v) is 17.4. The first kappa shape index (κ1) is 28.0. The zero-order valence-electron chi connectivity index (χ0n) is 27.6. The number of aromatic nitrogens is 2. The van der Waals surface area contributed by atoms with Crippen LogP contribution in [0.15, 0.2) is 186 Å². The largest absolute Gasteiger partial charge is 0.456 e. The van der Waals surface area contributed by atoms with Crippen LogP contribution in [0.25, 0.3) is 99.2 Å². The average molecular weight is 651 g/mol. The maximum atomic E-state index is 6.21. The fraction of sp³-hybridized carbons (Fsp3) is 0. The molecule has 238 valence electrons. The second-order valence-electron chi connectivity index (χ2n) is 13.3. The van der Waals surface area contributed by atoms with Gasteiger partial charge in [0.2, 0.25) is 0 Å². The lowest BCUT2D eigenvalue weighted by molar-refractivity contribution is 0.669. The Bertz CT molecular complexity index is 3120. The lowest BCUT2D eigenvalue weighted by Gasteiger charge is -2.12. The molecule has 3 aromatic heterocycles. The Morgan fingerprint density at radius 3 is 1.75 bits per heavy atom. The Balaban J connectivity index is 1.16. The molecule has 11 rings (SSSR count). The van der Waals surface area contributed by atoms with Gasteiger partial charge in [-0.2, -0.15) is 0 Å². The fourth-order valence-corrected chi connectivity index (χ4v) is 8.22. The number of hydrogen-bond acceptors (Lipinski definition) is 1. The van der Waals surface area contributed by atoms with Crippen molar-refractivity contribution in [2.75, 3.05) is 0 Å². The van der Waals surface area contributed by atoms with Crippen molar-refractivity contribution < 1.29 is 4.42 Å². The average Bonchev–Trinajstić information content (AvgIpc) is 3.86. The van der Waals surface area contributed by atoms with Gasteiger partial charge in [-0.15, -0.1) is 0 Å². The van der Waals surface area contributed by atoms with Crippen LogP contribution in [0.5, 0.6) is 0 Å². The van der Waals surface area contributed by atoms with Crippen LogP contribution in [0.3, 0.4) is 0 Å². The SMILES string of the molecule is c1ccc(-c2ccc(-c3cccc(-n4c5ccccc5c5ccc6c(c7ccccc7n6-c6ccc7oc8ccccc8c7c6)c54)c3)cc2)cc1. The summed E-state index contributed by atoms with van der Waals surface area (Å²) in [6, 6.07) is 65.5. The normalized spacial score (nSPS) is 11.9. The van der Waals surface area contributed by atoms with E-state index in [0.717, 1.165) is 33.3 Å². The predicted octanol–water partition coefficient (Wildman–Crippen LogP) is 13.1. The standard InChI is InChI=1S/C48H30N2O/c1-2-11-31(12-3-1)32-21-23-33(24-22-32)34-13-10-14-35(29-34)50-42-18-7-4-15-37(42)39-26-27-44-47(48(39)50)40-17-5-8-19-43(40)49(44)36-25-28-46-41(30-36)38-16-6-9-20-45(38)51-46/h1-30H. The maximum absolute atomic E-state index is 6.21. The highest BCUT2D eigenvalue weighted by Gasteiger charge is 2.21. The molecule has 0 spiro atoms. The van der Waals surface area contributed by atoms with Crippen molar-refractivity contribution in [2.24, 2.45) is 0 Å². The first-order chi connectivity index (χ1) is 25.3. The third-order valence-electron chi connectivity index (χ3n) is 10.5. The number of benzene rings is 8. The highest BCUT2D eigenvalue weighted by atomic mass is 16.3. The first-order valence-electron chi connectivity index (χ1n) is 17.4. The minimum atomic E-state index is 0.901. The van der Waals surface area contributed by atoms with Gasteiger partial charge in [0.15, 0.2) is 0 Å². The monoisotopic (exact) mass is 650 g/mol. The molecule has 0 bridgehead atoms. The molecule has 0 saturated heterocycles. The van der Waals surface area contributed by atoms with Crippen molar-refractivity contribution in [1.82, 2.24) is 9.13 Å². The molecule has 0 unspecified atom stereocenters. The Morgan fingerprint density at radius 1 is 0.314 bits per heavy atom. The number of para-hydroxylation sites is 3. The molecule has 51 heavy (non-hydrogen) atoms. The van der Waals surface area contributed by atoms with Gasteiger partial charge in [-0.05, 0) is 76.9 Å². The summed E-state index contributed by atoms with van der Waals surface area (Å²) in [5.41, 5.74) is 13.7. The van der Waals surface area contributed by atoms with E-state index in [1.807, 2.05) is 12.1 Å². The van der Waals surface area contributed by atoms with Gasteiger partial charge in [0, 0.05) is 43.7 Å². The van der Waals surface area contributed by atoms with Crippen molar-refractivity contribution in [3.8, 4) is 33.6 Å². The third-order valence-corrected chi connectivity index (χ3v) is 10.5. The summed E-state index contributed by atoms with van der Waals surface area (Å²) in [6.45, 7) is 0. The lowest BCUT2D eigenvalue weighted by Crippen LogP contribution is -1.96. The molecule has 3 nitrogen and oxygen atoms in total. The Morgan fingerprint density at radius 2 is 0.922 bits per heavy atom. The summed E-state index contributed by atoms with van der Waals surface area (Å²) in [5.74, 6) is 0. The molecule has 0 atom stereocenters. The van der Waals surface area contributed by atoms with Crippen LogP contribution >= 0.6 is 0 Å². The number of rotatable bonds is 4. The summed E-state index contributed by atoms with van der Waals surface area (Å²) < 4.78 is 11.1. The molecule has 0 aliphatic heterocycles. The van der Waals surface area contributed by atoms with Gasteiger partial charge in [-0.25, -0.2) is 0 Å². The van der Waals surface area contributed by atoms with E-state index in [0.29, 0.717) is 0 Å². The second-order valence-corrected chi connectivity index (χ2v) is 13.3. The summed E-state index contributed by atoms with van der Waals surface area (Å²) in [7, 11) is 0. The van der Waals surface area contributed by atoms with Gasteiger partial charge in [0.05, 0.1) is 22.1 Å². The number of fused-ring (bicyclic) bond motifs is 10. The van der Waals surface area contributed by atoms with Crippen LogP contribution in [-0.4, -0.2) is 9.13 Å². The number of furan rings is 1. The highest BCUT2D eigenvalue weighted by molar-refractivity contribution is 6.26. The summed E-state index contributed by atoms with van der Waals surface area (Å²) >= 11 is 0. The van der Waals surface area contributed by atoms with Crippen molar-refractivity contribution in [3.63, 3.8) is 0 Å². The molecular formula is C48H30N2O. The van der Waals surface area contributed by atoms with E-state index in [4.69, 9.17) is 4.42 Å². The van der Waals surface area contributed by atoms with E-state index in [1.165, 1.54) is 65.9 Å². The van der Waals surface area contributed by atoms with Crippen molar-refractivity contribution in [1.29, 1.82) is 0 Å². The van der Waals surface area contributed by atoms with Crippen molar-refractivity contribution in [2.45, 2.75) is 0 Å². The number of nitrogens with zero attached hydrogens (tertiary/aromatic N) is 2. The van der Waals surface area contributed by atoms with E-state index in [9.17, 15) is 0 Å². The van der Waals surface area contributed by atoms with E-state index in [2.05, 4.69) is 179 Å². The maximum Gasteiger partial charge on any atom is 0.135 e. The van der Waals surface area contributed by atoms with E-state index in [-0.39, 0.29) is 0 Å². The van der Waals surface area contributed by atoms with Crippen LogP contribution in [0.2, 0.25) is 0 Å². The van der Waals surface area contributed by atoms with E-state index < -0.39 is 0 Å². The predicted molar refractivity (Wildman–Crippen MR) is 213 cm³/mol. The van der Waals surface area contributed by atoms with Gasteiger partial charge in [-0.3, -0.25) is 0 Å². The molecule has 0 amide bonds. The second kappa shape index (κ2) is 10.8. The molecule has 11 aromatic rings. The summed E-state index contributed by atoms with van der Waals surface area (Å²) in [5, 5.41) is 7.22. The van der Waals surface area contributed by atoms with Gasteiger partial charge in [0.1, 0.15) is 11.2 Å². The highest BCUT2D eigenvalue weighted by Crippen LogP contribution is 2.43. The molecule has 0 N–H and O–H groups in total. The lowest BCUT2D eigenvalue weighted by atomic mass is 10.00. The minimum absolute atomic E-state index is 0.901. The quantitative estimate of drug-likeness (QED) is 0.186. The van der Waals surface area contributed by atoms with Gasteiger partial charge >= 0.3 is 0 Å². The Hall–Kier alpha value is -6.84. The van der Waals surface area contributed by atoms with Crippen molar-refractivity contribution in [3.05, 3.63) is 182 Å². The number of hydrogen-bond donors (Lipinski definition) is 0. The van der Waals surface area contributed by atoms with Crippen LogP contribution in [0.1, 0.15) is 0 Å². The molecule has 3 heteroatoms. The molecule has 3 heterocycles. The molecular weight excluding hydrogens is 621 g/mol. The molecule has 0 aliphatic carbocycles. The summed E-state index contributed by atoms with van der Waals surface area (Å²) in [4.78, 5) is 0. The zero-order chi connectivity index (χ0) is 33.5. The van der Waals surface area contributed by atoms with E-state index in [1.54, 1.807) is 0 Å². The Labute approximate surface area is 293 Å². The Kier molecular flexibility index (Phi) is 5.96. The molecule has 0 radical (unpaired) electrons. The minimum Gasteiger partial charge on any atom is -0.456 e. The fourth-order valence-electron chi connectivity index (χ4n) is 8.22. The summed E-state index contributed by atoms with van der Waals surface area (Å²) in [6.07, 6.45) is 0. The van der Waals surface area contributed by atoms with Gasteiger partial charge in [-0.1, -0.05) is 127 Å². The van der Waals surface area contributed by atoms with Gasteiger partial charge in [0.25, 0.3) is 0 Å². The molecule has 8 aromatic carbocycles. The molecule has 0 saturated carbocycles. The van der Waals surface area contributed by atoms with Crippen molar-refractivity contribution >= 4 is 65.6 Å². The zero-order valence-corrected chi connectivity index (χ0v) is 27.6. The van der Waals surface area contributed by atoms with Crippen LogP contribution in [-0.2, 0) is 0 Å². The molecule has 0 fully saturated rings. The smallest absolute Gasteiger partial charge is 0.135 e. The van der Waals surface area contributed by atoms with E-state index >= 15 is 0 Å². The van der Waals surface area contributed by atoms with Crippen LogP contribution in [0, 0.1) is 0 Å². The van der Waals surface area contributed by atoms with Crippen LogP contribution < -0.4 is 0 Å². The van der Waals surface area contributed by atoms with Crippen LogP contribution in [0.4, 0.5) is 0 Å².